The minimum absolute atomic E-state index is 0.00464. The van der Waals surface area contributed by atoms with E-state index in [0.717, 1.165) is 0 Å². The van der Waals surface area contributed by atoms with Crippen LogP contribution in [-0.2, 0) is 0 Å². The van der Waals surface area contributed by atoms with Crippen LogP contribution in [0.2, 0.25) is 0 Å². The molecule has 1 atom stereocenters. The van der Waals surface area contributed by atoms with Gasteiger partial charge in [0.25, 0.3) is 0 Å². The van der Waals surface area contributed by atoms with Gasteiger partial charge in [-0.15, -0.1) is 0 Å². The molecule has 1 aromatic carbocycles. The summed E-state index contributed by atoms with van der Waals surface area (Å²) < 4.78 is 28.8. The van der Waals surface area contributed by atoms with Crippen molar-refractivity contribution in [1.29, 1.82) is 0 Å². The number of carbonyl (C=O) groups is 1. The molecule has 0 heterocycles. The number of halogens is 2. The Morgan fingerprint density at radius 3 is 2.62 bits per heavy atom. The summed E-state index contributed by atoms with van der Waals surface area (Å²) in [6.45, 7) is 2.47. The fourth-order valence-corrected chi connectivity index (χ4v) is 1.51. The summed E-state index contributed by atoms with van der Waals surface area (Å²) in [4.78, 5) is 11.6. The molecule has 0 spiro atoms. The highest BCUT2D eigenvalue weighted by atomic mass is 19.3. The zero-order valence-electron chi connectivity index (χ0n) is 12.2. The van der Waals surface area contributed by atoms with Crippen molar-refractivity contribution in [3.8, 4) is 5.75 Å². The largest absolute Gasteiger partial charge is 0.434 e. The molecular weight excluding hydrogens is 282 g/mol. The van der Waals surface area contributed by atoms with Gasteiger partial charge in [0.1, 0.15) is 5.75 Å². The fraction of sp³-hybridized carbons (Fsp3) is 0.500. The molecule has 5 nitrogen and oxygen atoms in total. The Kier molecular flexibility index (Phi) is 6.36. The number of aliphatic hydroxyl groups is 1. The molecule has 0 bridgehead atoms. The third-order valence-electron chi connectivity index (χ3n) is 2.90. The van der Waals surface area contributed by atoms with Crippen molar-refractivity contribution in [1.82, 2.24) is 5.32 Å². The number of hydrogen-bond donors (Lipinski definition) is 3. The van der Waals surface area contributed by atoms with Crippen molar-refractivity contribution in [2.75, 3.05) is 11.9 Å². The number of ether oxygens (including phenoxy) is 1. The lowest BCUT2D eigenvalue weighted by Crippen LogP contribution is -2.37. The number of aliphatic hydroxyl groups excluding tert-OH is 1. The van der Waals surface area contributed by atoms with Gasteiger partial charge in [-0.05, 0) is 24.5 Å². The van der Waals surface area contributed by atoms with E-state index in [2.05, 4.69) is 15.4 Å². The molecular formula is C14H20F2N2O3. The molecule has 0 aliphatic carbocycles. The maximum absolute atomic E-state index is 12.2. The Labute approximate surface area is 122 Å². The summed E-state index contributed by atoms with van der Waals surface area (Å²) in [5, 5.41) is 14.6. The van der Waals surface area contributed by atoms with Gasteiger partial charge in [0.05, 0.1) is 6.10 Å². The van der Waals surface area contributed by atoms with Crippen LogP contribution in [0.25, 0.3) is 0 Å². The molecule has 0 saturated carbocycles. The molecule has 0 saturated heterocycles. The molecule has 0 aliphatic heterocycles. The summed E-state index contributed by atoms with van der Waals surface area (Å²) in [6.07, 6.45) is -0.647. The number of aryl methyl sites for hydroxylation is 1. The topological polar surface area (TPSA) is 70.6 Å². The Hall–Kier alpha value is -1.89. The minimum atomic E-state index is -2.92. The number of urea groups is 1. The molecule has 118 valence electrons. The van der Waals surface area contributed by atoms with Crippen LogP contribution in [0.1, 0.15) is 19.4 Å². The molecule has 1 rings (SSSR count). The van der Waals surface area contributed by atoms with Gasteiger partial charge in [0, 0.05) is 18.3 Å². The van der Waals surface area contributed by atoms with Crippen LogP contribution in [0, 0.1) is 12.8 Å². The molecule has 0 aliphatic rings. The molecule has 0 unspecified atom stereocenters. The van der Waals surface area contributed by atoms with E-state index in [9.17, 15) is 18.7 Å². The SMILES string of the molecule is Cc1ccc(NC(=O)NC[C@H](O)C(C)C)cc1OC(F)F. The van der Waals surface area contributed by atoms with E-state index in [1.54, 1.807) is 19.1 Å². The maximum Gasteiger partial charge on any atom is 0.387 e. The third-order valence-corrected chi connectivity index (χ3v) is 2.90. The van der Waals surface area contributed by atoms with Crippen LogP contribution < -0.4 is 15.4 Å². The van der Waals surface area contributed by atoms with Gasteiger partial charge in [-0.25, -0.2) is 4.79 Å². The predicted molar refractivity (Wildman–Crippen MR) is 75.7 cm³/mol. The van der Waals surface area contributed by atoms with Gasteiger partial charge < -0.3 is 20.5 Å². The van der Waals surface area contributed by atoms with Gasteiger partial charge in [-0.1, -0.05) is 19.9 Å². The van der Waals surface area contributed by atoms with Crippen molar-refractivity contribution < 1.29 is 23.4 Å². The zero-order valence-corrected chi connectivity index (χ0v) is 12.2. The summed E-state index contributed by atoms with van der Waals surface area (Å²) >= 11 is 0. The Morgan fingerprint density at radius 2 is 2.05 bits per heavy atom. The van der Waals surface area contributed by atoms with Crippen molar-refractivity contribution in [3.63, 3.8) is 0 Å². The first-order valence-electron chi connectivity index (χ1n) is 6.58. The summed E-state index contributed by atoms with van der Waals surface area (Å²) in [5.41, 5.74) is 0.865. The second-order valence-electron chi connectivity index (χ2n) is 5.01. The van der Waals surface area contributed by atoms with Crippen LogP contribution in [0.3, 0.4) is 0 Å². The first-order chi connectivity index (χ1) is 9.79. The van der Waals surface area contributed by atoms with Gasteiger partial charge in [0.15, 0.2) is 0 Å². The smallest absolute Gasteiger partial charge is 0.387 e. The summed E-state index contributed by atoms with van der Waals surface area (Å²) in [6, 6.07) is 3.93. The van der Waals surface area contributed by atoms with Crippen LogP contribution in [0.4, 0.5) is 19.3 Å². The number of amides is 2. The molecule has 3 N–H and O–H groups in total. The van der Waals surface area contributed by atoms with E-state index >= 15 is 0 Å². The lowest BCUT2D eigenvalue weighted by Gasteiger charge is -2.16. The highest BCUT2D eigenvalue weighted by Gasteiger charge is 2.12. The summed E-state index contributed by atoms with van der Waals surface area (Å²) in [5.74, 6) is 0.0285. The van der Waals surface area contributed by atoms with Crippen LogP contribution in [0.5, 0.6) is 5.75 Å². The van der Waals surface area contributed by atoms with Gasteiger partial charge in [-0.3, -0.25) is 0 Å². The monoisotopic (exact) mass is 302 g/mol. The predicted octanol–water partition coefficient (Wildman–Crippen LogP) is 2.73. The number of alkyl halides is 2. The standard InChI is InChI=1S/C14H20F2N2O3/c1-8(2)11(19)7-17-14(20)18-10-5-4-9(3)12(6-10)21-13(15)16/h4-6,8,11,13,19H,7H2,1-3H3,(H2,17,18,20)/t11-/m0/s1. The number of hydrogen-bond acceptors (Lipinski definition) is 3. The third kappa shape index (κ3) is 5.95. The Bertz CT molecular complexity index is 481. The molecule has 0 fully saturated rings. The van der Waals surface area contributed by atoms with E-state index < -0.39 is 18.7 Å². The second kappa shape index (κ2) is 7.78. The highest BCUT2D eigenvalue weighted by Crippen LogP contribution is 2.24. The lowest BCUT2D eigenvalue weighted by atomic mass is 10.1. The van der Waals surface area contributed by atoms with Crippen LogP contribution in [-0.4, -0.2) is 30.4 Å². The maximum atomic E-state index is 12.2. The zero-order chi connectivity index (χ0) is 16.0. The fourth-order valence-electron chi connectivity index (χ4n) is 1.51. The Balaban J connectivity index is 2.60. The lowest BCUT2D eigenvalue weighted by molar-refractivity contribution is -0.0502. The van der Waals surface area contributed by atoms with E-state index in [1.165, 1.54) is 6.07 Å². The van der Waals surface area contributed by atoms with Crippen LogP contribution in [0.15, 0.2) is 18.2 Å². The average molecular weight is 302 g/mol. The van der Waals surface area contributed by atoms with Gasteiger partial charge in [-0.2, -0.15) is 8.78 Å². The van der Waals surface area contributed by atoms with E-state index in [4.69, 9.17) is 0 Å². The molecule has 2 amide bonds. The van der Waals surface area contributed by atoms with Crippen molar-refractivity contribution in [3.05, 3.63) is 23.8 Å². The van der Waals surface area contributed by atoms with Gasteiger partial charge in [0.2, 0.25) is 0 Å². The second-order valence-corrected chi connectivity index (χ2v) is 5.01. The van der Waals surface area contributed by atoms with E-state index in [1.807, 2.05) is 13.8 Å². The molecule has 1 aromatic rings. The molecule has 0 aromatic heterocycles. The average Bonchev–Trinajstić information content (AvgIpc) is 2.39. The highest BCUT2D eigenvalue weighted by molar-refractivity contribution is 5.89. The number of benzene rings is 1. The van der Waals surface area contributed by atoms with Crippen molar-refractivity contribution >= 4 is 11.7 Å². The molecule has 21 heavy (non-hydrogen) atoms. The van der Waals surface area contributed by atoms with Crippen molar-refractivity contribution in [2.45, 2.75) is 33.5 Å². The normalized spacial score (nSPS) is 12.4. The quantitative estimate of drug-likeness (QED) is 0.756. The first-order valence-corrected chi connectivity index (χ1v) is 6.58. The molecule has 7 heteroatoms. The summed E-state index contributed by atoms with van der Waals surface area (Å²) in [7, 11) is 0. The Morgan fingerprint density at radius 1 is 1.38 bits per heavy atom. The first kappa shape index (κ1) is 17.2. The minimum Gasteiger partial charge on any atom is -0.434 e. The van der Waals surface area contributed by atoms with Crippen LogP contribution >= 0.6 is 0 Å². The number of nitrogens with one attached hydrogen (secondary N) is 2. The van der Waals surface area contributed by atoms with E-state index in [0.29, 0.717) is 11.3 Å². The van der Waals surface area contributed by atoms with E-state index in [-0.39, 0.29) is 18.2 Å². The number of rotatable bonds is 6. The number of carbonyl (C=O) groups excluding carboxylic acids is 1. The van der Waals surface area contributed by atoms with Gasteiger partial charge >= 0.3 is 12.6 Å². The number of anilines is 1. The van der Waals surface area contributed by atoms with Crippen molar-refractivity contribution in [2.24, 2.45) is 5.92 Å². The molecule has 0 radical (unpaired) electrons.